The Balaban J connectivity index is 2.52. The lowest BCUT2D eigenvalue weighted by molar-refractivity contribution is 0.250. The van der Waals surface area contributed by atoms with Gasteiger partial charge in [0, 0.05) is 24.1 Å². The maximum atomic E-state index is 5.71. The highest BCUT2D eigenvalue weighted by Crippen LogP contribution is 2.13. The van der Waals surface area contributed by atoms with Crippen LogP contribution in [0.15, 0.2) is 18.5 Å². The lowest BCUT2D eigenvalue weighted by Gasteiger charge is -2.11. The van der Waals surface area contributed by atoms with Crippen molar-refractivity contribution >= 4 is 11.6 Å². The average Bonchev–Trinajstić information content (AvgIpc) is 2.38. The van der Waals surface area contributed by atoms with Gasteiger partial charge in [-0.3, -0.25) is 4.98 Å². The summed E-state index contributed by atoms with van der Waals surface area (Å²) in [6, 6.07) is 1.92. The zero-order valence-corrected chi connectivity index (χ0v) is 11.8. The Labute approximate surface area is 115 Å². The van der Waals surface area contributed by atoms with Crippen LogP contribution in [0.25, 0.3) is 0 Å². The Hall–Kier alpha value is -1.20. The van der Waals surface area contributed by atoms with E-state index in [1.54, 1.807) is 12.4 Å². The fourth-order valence-electron chi connectivity index (χ4n) is 1.59. The molecule has 18 heavy (non-hydrogen) atoms. The molecular weight excluding hydrogens is 246 g/mol. The van der Waals surface area contributed by atoms with E-state index in [9.17, 15) is 0 Å². The second-order valence-electron chi connectivity index (χ2n) is 4.35. The van der Waals surface area contributed by atoms with Gasteiger partial charge in [-0.15, -0.1) is 11.6 Å². The number of pyridine rings is 1. The van der Waals surface area contributed by atoms with Crippen LogP contribution in [0.5, 0.6) is 5.75 Å². The van der Waals surface area contributed by atoms with E-state index in [0.29, 0.717) is 18.2 Å². The molecule has 0 aliphatic rings. The molecule has 1 aromatic heterocycles. The molecule has 0 amide bonds. The van der Waals surface area contributed by atoms with Gasteiger partial charge in [0.15, 0.2) is 0 Å². The number of halogens is 1. The van der Waals surface area contributed by atoms with Gasteiger partial charge in [0.25, 0.3) is 0 Å². The molecule has 0 aliphatic heterocycles. The first-order valence-electron chi connectivity index (χ1n) is 6.39. The summed E-state index contributed by atoms with van der Waals surface area (Å²) in [5, 5.41) is 0. The number of hydrogen-bond acceptors (Lipinski definition) is 2. The highest BCUT2D eigenvalue weighted by Gasteiger charge is 2.02. The average molecular weight is 266 g/mol. The molecule has 2 nitrogen and oxygen atoms in total. The Morgan fingerprint density at radius 3 is 3.00 bits per heavy atom. The smallest absolute Gasteiger partial charge is 0.138 e. The number of alkyl halides is 1. The van der Waals surface area contributed by atoms with Crippen LogP contribution in [0.2, 0.25) is 0 Å². The lowest BCUT2D eigenvalue weighted by atomic mass is 10.1. The summed E-state index contributed by atoms with van der Waals surface area (Å²) in [5.74, 6) is 7.93. The fourth-order valence-corrected chi connectivity index (χ4v) is 1.69. The van der Waals surface area contributed by atoms with Crippen LogP contribution in [-0.2, 0) is 0 Å². The van der Waals surface area contributed by atoms with Gasteiger partial charge >= 0.3 is 0 Å². The minimum atomic E-state index is 0.561. The van der Waals surface area contributed by atoms with Crippen molar-refractivity contribution in [2.45, 2.75) is 33.1 Å². The second-order valence-corrected chi connectivity index (χ2v) is 4.73. The van der Waals surface area contributed by atoms with Crippen molar-refractivity contribution in [2.24, 2.45) is 5.92 Å². The molecule has 0 spiro atoms. The highest BCUT2D eigenvalue weighted by atomic mass is 35.5. The molecule has 0 saturated heterocycles. The number of rotatable bonds is 6. The summed E-state index contributed by atoms with van der Waals surface area (Å²) >= 11 is 5.57. The van der Waals surface area contributed by atoms with Gasteiger partial charge in [-0.05, 0) is 18.4 Å². The molecule has 1 heterocycles. The van der Waals surface area contributed by atoms with Crippen LogP contribution in [-0.4, -0.2) is 17.5 Å². The molecular formula is C15H20ClNO. The summed E-state index contributed by atoms with van der Waals surface area (Å²) in [6.07, 6.45) is 6.53. The van der Waals surface area contributed by atoms with Crippen molar-refractivity contribution in [3.8, 4) is 17.6 Å². The SMILES string of the molecule is CCCC(C)COc1cncc(C#CCCCl)c1. The molecule has 3 heteroatoms. The maximum absolute atomic E-state index is 5.71. The number of ether oxygens (including phenoxy) is 1. The highest BCUT2D eigenvalue weighted by molar-refractivity contribution is 6.18. The van der Waals surface area contributed by atoms with E-state index < -0.39 is 0 Å². The molecule has 0 N–H and O–H groups in total. The molecule has 1 unspecified atom stereocenters. The maximum Gasteiger partial charge on any atom is 0.138 e. The van der Waals surface area contributed by atoms with E-state index in [1.807, 2.05) is 6.07 Å². The molecule has 0 fully saturated rings. The molecule has 0 aromatic carbocycles. The van der Waals surface area contributed by atoms with Gasteiger partial charge in [-0.2, -0.15) is 0 Å². The van der Waals surface area contributed by atoms with Crippen molar-refractivity contribution < 1.29 is 4.74 Å². The van der Waals surface area contributed by atoms with Gasteiger partial charge in [0.05, 0.1) is 12.8 Å². The van der Waals surface area contributed by atoms with E-state index in [0.717, 1.165) is 17.9 Å². The third-order valence-electron chi connectivity index (χ3n) is 2.48. The monoisotopic (exact) mass is 265 g/mol. The summed E-state index contributed by atoms with van der Waals surface area (Å²) in [4.78, 5) is 4.13. The summed E-state index contributed by atoms with van der Waals surface area (Å²) < 4.78 is 5.71. The minimum Gasteiger partial charge on any atom is -0.492 e. The third-order valence-corrected chi connectivity index (χ3v) is 2.67. The Bertz CT molecular complexity index is 408. The van der Waals surface area contributed by atoms with E-state index in [2.05, 4.69) is 30.7 Å². The van der Waals surface area contributed by atoms with Crippen molar-refractivity contribution in [1.82, 2.24) is 4.98 Å². The molecule has 1 atom stereocenters. The van der Waals surface area contributed by atoms with Gasteiger partial charge in [-0.25, -0.2) is 0 Å². The summed E-state index contributed by atoms with van der Waals surface area (Å²) in [6.45, 7) is 5.11. The molecule has 0 aliphatic carbocycles. The van der Waals surface area contributed by atoms with Crippen molar-refractivity contribution in [3.05, 3.63) is 24.0 Å². The van der Waals surface area contributed by atoms with Gasteiger partial charge in [-0.1, -0.05) is 32.1 Å². The van der Waals surface area contributed by atoms with Crippen LogP contribution in [0.3, 0.4) is 0 Å². The number of nitrogens with zero attached hydrogens (tertiary/aromatic N) is 1. The largest absolute Gasteiger partial charge is 0.492 e. The van der Waals surface area contributed by atoms with Gasteiger partial charge < -0.3 is 4.74 Å². The zero-order chi connectivity index (χ0) is 13.2. The molecule has 1 aromatic rings. The van der Waals surface area contributed by atoms with Crippen molar-refractivity contribution in [3.63, 3.8) is 0 Å². The predicted octanol–water partition coefficient (Wildman–Crippen LogP) is 3.88. The summed E-state index contributed by atoms with van der Waals surface area (Å²) in [7, 11) is 0. The van der Waals surface area contributed by atoms with Gasteiger partial charge in [0.1, 0.15) is 5.75 Å². The van der Waals surface area contributed by atoms with Crippen LogP contribution in [0.1, 0.15) is 38.7 Å². The number of aromatic nitrogens is 1. The Morgan fingerprint density at radius 1 is 1.44 bits per heavy atom. The Morgan fingerprint density at radius 2 is 2.28 bits per heavy atom. The Kier molecular flexibility index (Phi) is 7.29. The quantitative estimate of drug-likeness (QED) is 0.575. The normalized spacial score (nSPS) is 11.5. The molecule has 98 valence electrons. The minimum absolute atomic E-state index is 0.561. The molecule has 0 radical (unpaired) electrons. The fraction of sp³-hybridized carbons (Fsp3) is 0.533. The third kappa shape index (κ3) is 5.93. The van der Waals surface area contributed by atoms with E-state index >= 15 is 0 Å². The summed E-state index contributed by atoms with van der Waals surface area (Å²) in [5.41, 5.74) is 0.876. The molecule has 0 bridgehead atoms. The first-order valence-corrected chi connectivity index (χ1v) is 6.92. The van der Waals surface area contributed by atoms with Gasteiger partial charge in [0.2, 0.25) is 0 Å². The van der Waals surface area contributed by atoms with Crippen molar-refractivity contribution in [2.75, 3.05) is 12.5 Å². The number of hydrogen-bond donors (Lipinski definition) is 0. The van der Waals surface area contributed by atoms with Crippen LogP contribution in [0, 0.1) is 17.8 Å². The topological polar surface area (TPSA) is 22.1 Å². The van der Waals surface area contributed by atoms with E-state index in [-0.39, 0.29) is 0 Å². The second kappa shape index (κ2) is 8.83. The first-order chi connectivity index (χ1) is 8.76. The van der Waals surface area contributed by atoms with E-state index in [4.69, 9.17) is 16.3 Å². The standard InChI is InChI=1S/C15H20ClNO/c1-3-6-13(2)12-18-15-9-14(10-17-11-15)7-4-5-8-16/h9-11,13H,3,5-6,8,12H2,1-2H3. The predicted molar refractivity (Wildman–Crippen MR) is 76.0 cm³/mol. The lowest BCUT2D eigenvalue weighted by Crippen LogP contribution is -2.08. The first kappa shape index (κ1) is 14.9. The van der Waals surface area contributed by atoms with E-state index in [1.165, 1.54) is 12.8 Å². The molecule has 1 rings (SSSR count). The van der Waals surface area contributed by atoms with Crippen LogP contribution >= 0.6 is 11.6 Å². The van der Waals surface area contributed by atoms with Crippen LogP contribution < -0.4 is 4.74 Å². The van der Waals surface area contributed by atoms with Crippen LogP contribution in [0.4, 0.5) is 0 Å². The molecule has 0 saturated carbocycles. The zero-order valence-electron chi connectivity index (χ0n) is 11.1. The van der Waals surface area contributed by atoms with Crippen molar-refractivity contribution in [1.29, 1.82) is 0 Å².